The fourth-order valence-corrected chi connectivity index (χ4v) is 2.51. The highest BCUT2D eigenvalue weighted by molar-refractivity contribution is 8.00. The predicted molar refractivity (Wildman–Crippen MR) is 84.7 cm³/mol. The first kappa shape index (κ1) is 18.2. The Kier molecular flexibility index (Phi) is 5.74. The molecule has 24 heavy (non-hydrogen) atoms. The molecule has 0 aliphatic carbocycles. The summed E-state index contributed by atoms with van der Waals surface area (Å²) in [6.45, 7) is 0. The Balaban J connectivity index is 2.05. The van der Waals surface area contributed by atoms with Crippen molar-refractivity contribution in [3.63, 3.8) is 0 Å². The Bertz CT molecular complexity index is 751. The van der Waals surface area contributed by atoms with Gasteiger partial charge in [-0.15, -0.1) is 0 Å². The smallest absolute Gasteiger partial charge is 0.267 e. The minimum absolute atomic E-state index is 0.198. The maximum atomic E-state index is 12.5. The summed E-state index contributed by atoms with van der Waals surface area (Å²) < 4.78 is 37.5. The molecule has 0 fully saturated rings. The van der Waals surface area contributed by atoms with Crippen LogP contribution in [0.1, 0.15) is 20.7 Å². The summed E-state index contributed by atoms with van der Waals surface area (Å²) in [6, 6.07) is 11.1. The molecule has 0 saturated carbocycles. The van der Waals surface area contributed by atoms with E-state index in [1.807, 2.05) is 0 Å². The largest absolute Gasteiger partial charge is 0.446 e. The Labute approximate surface area is 144 Å². The number of carbonyl (C=O) groups excluding carboxylic acids is 2. The molecular weight excluding hydrogens is 365 g/mol. The van der Waals surface area contributed by atoms with E-state index in [1.54, 1.807) is 0 Å². The van der Waals surface area contributed by atoms with Crippen LogP contribution in [0.15, 0.2) is 53.4 Å². The third-order valence-corrected chi connectivity index (χ3v) is 3.81. The van der Waals surface area contributed by atoms with E-state index in [9.17, 15) is 22.8 Å². The molecule has 2 amide bonds. The molecule has 0 aromatic heterocycles. The highest BCUT2D eigenvalue weighted by atomic mass is 35.5. The number of hydrogen-bond donors (Lipinski definition) is 2. The van der Waals surface area contributed by atoms with E-state index < -0.39 is 29.1 Å². The minimum Gasteiger partial charge on any atom is -0.267 e. The SMILES string of the molecule is O=C(NNC(=O)c1ccccc1SC(F)(F)F)c1ccc(Cl)cc1. The van der Waals surface area contributed by atoms with E-state index in [0.717, 1.165) is 0 Å². The van der Waals surface area contributed by atoms with Gasteiger partial charge in [-0.3, -0.25) is 20.4 Å². The molecule has 0 bridgehead atoms. The predicted octanol–water partition coefficient (Wildman–Crippen LogP) is 4.03. The Morgan fingerprint density at radius 3 is 2.12 bits per heavy atom. The summed E-state index contributed by atoms with van der Waals surface area (Å²) in [7, 11) is 0. The maximum absolute atomic E-state index is 12.5. The van der Waals surface area contributed by atoms with Crippen molar-refractivity contribution < 1.29 is 22.8 Å². The van der Waals surface area contributed by atoms with Crippen molar-refractivity contribution >= 4 is 35.2 Å². The molecule has 4 nitrogen and oxygen atoms in total. The van der Waals surface area contributed by atoms with Gasteiger partial charge >= 0.3 is 5.51 Å². The molecule has 0 aliphatic rings. The van der Waals surface area contributed by atoms with Gasteiger partial charge in [0.1, 0.15) is 0 Å². The molecule has 0 atom stereocenters. The van der Waals surface area contributed by atoms with Gasteiger partial charge in [-0.1, -0.05) is 23.7 Å². The fourth-order valence-electron chi connectivity index (χ4n) is 1.72. The van der Waals surface area contributed by atoms with Gasteiger partial charge in [-0.25, -0.2) is 0 Å². The lowest BCUT2D eigenvalue weighted by Gasteiger charge is -2.12. The van der Waals surface area contributed by atoms with Crippen LogP contribution in [0.3, 0.4) is 0 Å². The van der Waals surface area contributed by atoms with Crippen LogP contribution in [0.2, 0.25) is 5.02 Å². The Morgan fingerprint density at radius 1 is 0.917 bits per heavy atom. The number of carbonyl (C=O) groups is 2. The van der Waals surface area contributed by atoms with E-state index in [1.165, 1.54) is 48.5 Å². The van der Waals surface area contributed by atoms with Crippen LogP contribution in [-0.4, -0.2) is 17.3 Å². The first-order valence-electron chi connectivity index (χ1n) is 6.47. The third kappa shape index (κ3) is 5.17. The van der Waals surface area contributed by atoms with Crippen LogP contribution < -0.4 is 10.9 Å². The lowest BCUT2D eigenvalue weighted by molar-refractivity contribution is -0.0328. The maximum Gasteiger partial charge on any atom is 0.446 e. The van der Waals surface area contributed by atoms with Gasteiger partial charge in [0, 0.05) is 15.5 Å². The normalized spacial score (nSPS) is 11.0. The van der Waals surface area contributed by atoms with Crippen LogP contribution in [-0.2, 0) is 0 Å². The number of nitrogens with one attached hydrogen (secondary N) is 2. The molecule has 0 aliphatic heterocycles. The number of rotatable bonds is 3. The molecule has 0 heterocycles. The topological polar surface area (TPSA) is 58.2 Å². The molecule has 2 aromatic carbocycles. The van der Waals surface area contributed by atoms with Crippen LogP contribution in [0.25, 0.3) is 0 Å². The van der Waals surface area contributed by atoms with Gasteiger partial charge in [0.15, 0.2) is 0 Å². The first-order chi connectivity index (χ1) is 11.3. The summed E-state index contributed by atoms with van der Waals surface area (Å²) >= 11 is 5.30. The van der Waals surface area contributed by atoms with E-state index >= 15 is 0 Å². The summed E-state index contributed by atoms with van der Waals surface area (Å²) in [4.78, 5) is 23.6. The molecule has 126 valence electrons. The number of amides is 2. The average molecular weight is 375 g/mol. The number of hydrazine groups is 1. The minimum atomic E-state index is -4.52. The molecule has 9 heteroatoms. The van der Waals surface area contributed by atoms with Crippen molar-refractivity contribution in [2.45, 2.75) is 10.4 Å². The van der Waals surface area contributed by atoms with E-state index in [4.69, 9.17) is 11.6 Å². The van der Waals surface area contributed by atoms with Crippen molar-refractivity contribution in [2.75, 3.05) is 0 Å². The molecule has 2 N–H and O–H groups in total. The lowest BCUT2D eigenvalue weighted by Crippen LogP contribution is -2.41. The van der Waals surface area contributed by atoms with Gasteiger partial charge in [0.2, 0.25) is 0 Å². The lowest BCUT2D eigenvalue weighted by atomic mass is 10.2. The highest BCUT2D eigenvalue weighted by Gasteiger charge is 2.31. The van der Waals surface area contributed by atoms with Crippen molar-refractivity contribution in [3.8, 4) is 0 Å². The summed E-state index contributed by atoms with van der Waals surface area (Å²) in [5.74, 6) is -1.48. The van der Waals surface area contributed by atoms with E-state index in [-0.39, 0.29) is 16.0 Å². The standard InChI is InChI=1S/C15H10ClF3N2O2S/c16-10-7-5-9(6-8-10)13(22)20-21-14(23)11-3-1-2-4-12(11)24-15(17,18)19/h1-8H,(H,20,22)(H,21,23). The molecular formula is C15H10ClF3N2O2S. The van der Waals surface area contributed by atoms with Crippen molar-refractivity contribution in [2.24, 2.45) is 0 Å². The average Bonchev–Trinajstić information content (AvgIpc) is 2.52. The summed E-state index contributed by atoms with van der Waals surface area (Å²) in [5.41, 5.74) is -0.268. The molecule has 2 rings (SSSR count). The van der Waals surface area contributed by atoms with E-state index in [0.29, 0.717) is 5.02 Å². The van der Waals surface area contributed by atoms with Gasteiger partial charge in [-0.05, 0) is 48.2 Å². The molecule has 0 unspecified atom stereocenters. The quantitative estimate of drug-likeness (QED) is 0.630. The van der Waals surface area contributed by atoms with Gasteiger partial charge in [0.05, 0.1) is 5.56 Å². The van der Waals surface area contributed by atoms with Crippen LogP contribution >= 0.6 is 23.4 Å². The second-order valence-electron chi connectivity index (χ2n) is 4.46. The molecule has 0 saturated heterocycles. The number of hydrogen-bond acceptors (Lipinski definition) is 3. The fraction of sp³-hybridized carbons (Fsp3) is 0.0667. The Hall–Kier alpha value is -2.19. The van der Waals surface area contributed by atoms with Gasteiger partial charge in [-0.2, -0.15) is 13.2 Å². The zero-order valence-corrected chi connectivity index (χ0v) is 13.4. The van der Waals surface area contributed by atoms with Gasteiger partial charge < -0.3 is 0 Å². The van der Waals surface area contributed by atoms with E-state index in [2.05, 4.69) is 10.9 Å². The van der Waals surface area contributed by atoms with Gasteiger partial charge in [0.25, 0.3) is 11.8 Å². The zero-order valence-electron chi connectivity index (χ0n) is 11.9. The highest BCUT2D eigenvalue weighted by Crippen LogP contribution is 2.38. The van der Waals surface area contributed by atoms with Crippen molar-refractivity contribution in [1.82, 2.24) is 10.9 Å². The van der Waals surface area contributed by atoms with Crippen molar-refractivity contribution in [3.05, 3.63) is 64.7 Å². The first-order valence-corrected chi connectivity index (χ1v) is 7.67. The second-order valence-corrected chi connectivity index (χ2v) is 6.00. The van der Waals surface area contributed by atoms with Crippen LogP contribution in [0.4, 0.5) is 13.2 Å². The number of alkyl halides is 3. The number of benzene rings is 2. The zero-order chi connectivity index (χ0) is 17.7. The van der Waals surface area contributed by atoms with Crippen LogP contribution in [0, 0.1) is 0 Å². The molecule has 2 aromatic rings. The summed E-state index contributed by atoms with van der Waals surface area (Å²) in [5, 5.41) is 0.439. The number of halogens is 4. The number of thioether (sulfide) groups is 1. The molecule has 0 spiro atoms. The summed E-state index contributed by atoms with van der Waals surface area (Å²) in [6.07, 6.45) is 0. The third-order valence-electron chi connectivity index (χ3n) is 2.75. The van der Waals surface area contributed by atoms with Crippen LogP contribution in [0.5, 0.6) is 0 Å². The van der Waals surface area contributed by atoms with Crippen molar-refractivity contribution in [1.29, 1.82) is 0 Å². The molecule has 0 radical (unpaired) electrons. The Morgan fingerprint density at radius 2 is 1.50 bits per heavy atom. The monoisotopic (exact) mass is 374 g/mol. The second kappa shape index (κ2) is 7.59.